The van der Waals surface area contributed by atoms with E-state index in [0.29, 0.717) is 28.9 Å². The summed E-state index contributed by atoms with van der Waals surface area (Å²) in [6.45, 7) is 6.44. The summed E-state index contributed by atoms with van der Waals surface area (Å²) in [4.78, 5) is 20.4. The lowest BCUT2D eigenvalue weighted by Gasteiger charge is -2.09. The van der Waals surface area contributed by atoms with E-state index < -0.39 is 0 Å². The van der Waals surface area contributed by atoms with Crippen molar-refractivity contribution in [2.45, 2.75) is 26.8 Å². The number of aliphatic imine (C=N–C) groups is 1. The van der Waals surface area contributed by atoms with Gasteiger partial charge < -0.3 is 20.7 Å². The summed E-state index contributed by atoms with van der Waals surface area (Å²) in [5.74, 6) is -0.110. The summed E-state index contributed by atoms with van der Waals surface area (Å²) in [5, 5.41) is 17.9. The number of aromatic amines is 1. The molecule has 34 heavy (non-hydrogen) atoms. The highest BCUT2D eigenvalue weighted by molar-refractivity contribution is 6.22. The largest absolute Gasteiger partial charge is 0.494 e. The van der Waals surface area contributed by atoms with Gasteiger partial charge in [-0.15, -0.1) is 0 Å². The summed E-state index contributed by atoms with van der Waals surface area (Å²) >= 11 is 0. The summed E-state index contributed by atoms with van der Waals surface area (Å²) in [6.07, 6.45) is 0.869. The van der Waals surface area contributed by atoms with Crippen LogP contribution >= 0.6 is 0 Å². The quantitative estimate of drug-likeness (QED) is 0.259. The second kappa shape index (κ2) is 10.8. The zero-order chi connectivity index (χ0) is 23.9. The van der Waals surface area contributed by atoms with Crippen LogP contribution in [0.4, 0.5) is 5.69 Å². The van der Waals surface area contributed by atoms with Crippen LogP contribution in [0.15, 0.2) is 77.8 Å². The molecule has 4 aromatic rings. The highest BCUT2D eigenvalue weighted by atomic mass is 16.3. The fourth-order valence-corrected chi connectivity index (χ4v) is 3.85. The Morgan fingerprint density at radius 3 is 2.44 bits per heavy atom. The van der Waals surface area contributed by atoms with Gasteiger partial charge in [-0.3, -0.25) is 4.79 Å². The van der Waals surface area contributed by atoms with E-state index >= 15 is 0 Å². The number of nitrogens with zero attached hydrogens (tertiary/aromatic N) is 1. The van der Waals surface area contributed by atoms with E-state index in [0.717, 1.165) is 36.1 Å². The molecule has 0 saturated heterocycles. The molecule has 6 heteroatoms. The van der Waals surface area contributed by atoms with Crippen molar-refractivity contribution in [1.29, 1.82) is 0 Å². The van der Waals surface area contributed by atoms with E-state index in [4.69, 9.17) is 4.99 Å². The number of amides is 1. The third-order valence-electron chi connectivity index (χ3n) is 5.62. The van der Waals surface area contributed by atoms with Gasteiger partial charge in [0.15, 0.2) is 5.88 Å². The number of fused-ring (bicyclic) bond motifs is 1. The van der Waals surface area contributed by atoms with Crippen LogP contribution in [-0.4, -0.2) is 34.8 Å². The lowest BCUT2D eigenvalue weighted by Crippen LogP contribution is -2.23. The molecule has 0 fully saturated rings. The first kappa shape index (κ1) is 23.3. The second-order valence-corrected chi connectivity index (χ2v) is 8.14. The van der Waals surface area contributed by atoms with Crippen molar-refractivity contribution < 1.29 is 9.90 Å². The first-order valence-corrected chi connectivity index (χ1v) is 11.7. The van der Waals surface area contributed by atoms with Gasteiger partial charge in [-0.25, -0.2) is 4.99 Å². The van der Waals surface area contributed by atoms with Crippen molar-refractivity contribution >= 4 is 28.2 Å². The maximum Gasteiger partial charge on any atom is 0.251 e. The third-order valence-corrected chi connectivity index (χ3v) is 5.62. The van der Waals surface area contributed by atoms with Gasteiger partial charge in [0, 0.05) is 35.1 Å². The van der Waals surface area contributed by atoms with Gasteiger partial charge in [-0.1, -0.05) is 62.4 Å². The Bertz CT molecular complexity index is 1290. The fourth-order valence-electron chi connectivity index (χ4n) is 3.85. The number of carbonyl (C=O) groups is 1. The average Bonchev–Trinajstić information content (AvgIpc) is 3.20. The Morgan fingerprint density at radius 1 is 0.971 bits per heavy atom. The molecular weight excluding hydrogens is 424 g/mol. The van der Waals surface area contributed by atoms with E-state index in [2.05, 4.69) is 34.7 Å². The summed E-state index contributed by atoms with van der Waals surface area (Å²) in [5.41, 5.74) is 5.37. The Morgan fingerprint density at radius 2 is 1.74 bits per heavy atom. The molecule has 0 atom stereocenters. The molecule has 1 heterocycles. The van der Waals surface area contributed by atoms with Gasteiger partial charge in [0.1, 0.15) is 0 Å². The van der Waals surface area contributed by atoms with Crippen LogP contribution in [-0.2, 0) is 6.54 Å². The Hall–Kier alpha value is -3.90. The van der Waals surface area contributed by atoms with Crippen LogP contribution in [0, 0.1) is 0 Å². The first-order valence-electron chi connectivity index (χ1n) is 11.7. The lowest BCUT2D eigenvalue weighted by atomic mass is 10.00. The molecule has 0 aliphatic carbocycles. The fraction of sp³-hybridized carbons (Fsp3) is 0.214. The van der Waals surface area contributed by atoms with E-state index in [-0.39, 0.29) is 11.8 Å². The molecule has 6 nitrogen and oxygen atoms in total. The molecule has 0 saturated carbocycles. The van der Waals surface area contributed by atoms with Crippen molar-refractivity contribution in [2.75, 3.05) is 13.1 Å². The van der Waals surface area contributed by atoms with Crippen molar-refractivity contribution in [1.82, 2.24) is 15.6 Å². The number of rotatable bonds is 9. The highest BCUT2D eigenvalue weighted by Crippen LogP contribution is 2.32. The molecule has 1 amide bonds. The SMILES string of the molecule is CCCNC(=O)c1ccc2c(C(=Nc3ccc(CNCC)cc3)c3ccccc3)c(O)[nH]c2c1. The lowest BCUT2D eigenvalue weighted by molar-refractivity contribution is 0.0953. The molecule has 0 unspecified atom stereocenters. The van der Waals surface area contributed by atoms with Crippen LogP contribution in [0.2, 0.25) is 0 Å². The molecule has 4 N–H and O–H groups in total. The molecule has 174 valence electrons. The molecular formula is C28H30N4O2. The Balaban J connectivity index is 1.78. The number of hydrogen-bond acceptors (Lipinski definition) is 4. The van der Waals surface area contributed by atoms with E-state index in [1.54, 1.807) is 12.1 Å². The minimum absolute atomic E-state index is 0.0208. The summed E-state index contributed by atoms with van der Waals surface area (Å²) in [6, 6.07) is 23.3. The zero-order valence-corrected chi connectivity index (χ0v) is 19.6. The third kappa shape index (κ3) is 5.18. The Kier molecular flexibility index (Phi) is 7.40. The molecule has 1 aromatic heterocycles. The van der Waals surface area contributed by atoms with Crippen LogP contribution in [0.1, 0.15) is 47.3 Å². The number of aromatic hydroxyl groups is 1. The van der Waals surface area contributed by atoms with Gasteiger partial charge in [0.05, 0.1) is 17.0 Å². The predicted octanol–water partition coefficient (Wildman–Crippen LogP) is 5.29. The monoisotopic (exact) mass is 454 g/mol. The highest BCUT2D eigenvalue weighted by Gasteiger charge is 2.19. The first-order chi connectivity index (χ1) is 16.6. The zero-order valence-electron chi connectivity index (χ0n) is 19.6. The van der Waals surface area contributed by atoms with Gasteiger partial charge in [0.25, 0.3) is 5.91 Å². The van der Waals surface area contributed by atoms with Crippen molar-refractivity contribution in [3.05, 3.63) is 95.1 Å². The van der Waals surface area contributed by atoms with Crippen molar-refractivity contribution in [3.8, 4) is 5.88 Å². The molecule has 0 bridgehead atoms. The summed E-state index contributed by atoms with van der Waals surface area (Å²) < 4.78 is 0. The van der Waals surface area contributed by atoms with Gasteiger partial charge in [-0.05, 0) is 42.8 Å². The standard InChI is InChI=1S/C28H30N4O2/c1-3-16-30-27(33)21-12-15-23-24(17-21)32-28(34)25(23)26(20-8-6-5-7-9-20)31-22-13-10-19(11-14-22)18-29-4-2/h5-15,17,29,32,34H,3-4,16,18H2,1-2H3,(H,30,33). The molecule has 0 aliphatic heterocycles. The van der Waals surface area contributed by atoms with E-state index in [1.807, 2.05) is 55.5 Å². The maximum atomic E-state index is 12.4. The number of aromatic nitrogens is 1. The smallest absolute Gasteiger partial charge is 0.251 e. The topological polar surface area (TPSA) is 89.5 Å². The number of hydrogen-bond donors (Lipinski definition) is 4. The summed E-state index contributed by atoms with van der Waals surface area (Å²) in [7, 11) is 0. The second-order valence-electron chi connectivity index (χ2n) is 8.14. The normalized spacial score (nSPS) is 11.6. The van der Waals surface area contributed by atoms with Gasteiger partial charge in [0.2, 0.25) is 0 Å². The molecule has 3 aromatic carbocycles. The molecule has 4 rings (SSSR count). The molecule has 0 spiro atoms. The predicted molar refractivity (Wildman–Crippen MR) is 138 cm³/mol. The van der Waals surface area contributed by atoms with Crippen LogP contribution in [0.25, 0.3) is 10.9 Å². The number of benzene rings is 3. The minimum atomic E-state index is -0.131. The van der Waals surface area contributed by atoms with Crippen LogP contribution in [0.3, 0.4) is 0 Å². The Labute approximate surface area is 199 Å². The van der Waals surface area contributed by atoms with Gasteiger partial charge in [-0.2, -0.15) is 0 Å². The van der Waals surface area contributed by atoms with Gasteiger partial charge >= 0.3 is 0 Å². The van der Waals surface area contributed by atoms with E-state index in [9.17, 15) is 9.90 Å². The van der Waals surface area contributed by atoms with Crippen molar-refractivity contribution in [2.24, 2.45) is 4.99 Å². The number of H-pyrrole nitrogens is 1. The maximum absolute atomic E-state index is 12.4. The number of carbonyl (C=O) groups excluding carboxylic acids is 1. The minimum Gasteiger partial charge on any atom is -0.494 e. The van der Waals surface area contributed by atoms with Crippen molar-refractivity contribution in [3.63, 3.8) is 0 Å². The average molecular weight is 455 g/mol. The molecule has 0 radical (unpaired) electrons. The van der Waals surface area contributed by atoms with E-state index in [1.165, 1.54) is 5.56 Å². The molecule has 0 aliphatic rings. The van der Waals surface area contributed by atoms with Crippen LogP contribution < -0.4 is 10.6 Å². The van der Waals surface area contributed by atoms with Crippen LogP contribution in [0.5, 0.6) is 5.88 Å². The number of nitrogens with one attached hydrogen (secondary N) is 3.